The Morgan fingerprint density at radius 1 is 0.588 bits per heavy atom. The third kappa shape index (κ3) is 4.31. The first-order chi connectivity index (χ1) is 16.8. The van der Waals surface area contributed by atoms with Crippen molar-refractivity contribution in [2.24, 2.45) is 0 Å². The second kappa shape index (κ2) is 9.91. The number of fused-ring (bicyclic) bond motifs is 1. The van der Waals surface area contributed by atoms with E-state index in [4.69, 9.17) is 4.74 Å². The highest BCUT2D eigenvalue weighted by molar-refractivity contribution is 7.95. The molecule has 166 valence electrons. The molecule has 0 heterocycles. The zero-order valence-electron chi connectivity index (χ0n) is 18.7. The van der Waals surface area contributed by atoms with Crippen molar-refractivity contribution in [3.05, 3.63) is 133 Å². The molecule has 0 bridgehead atoms. The fourth-order valence-electron chi connectivity index (χ4n) is 4.37. The number of benzene rings is 5. The van der Waals surface area contributed by atoms with Gasteiger partial charge in [0.15, 0.2) is 0 Å². The fraction of sp³-hybridized carbons (Fsp3) is 0.0333. The molecule has 3 nitrogen and oxygen atoms in total. The minimum atomic E-state index is -2.17. The average Bonchev–Trinajstić information content (AvgIpc) is 2.91. The summed E-state index contributed by atoms with van der Waals surface area (Å²) in [6.07, 6.45) is -0.00206. The van der Waals surface area contributed by atoms with Gasteiger partial charge in [0.1, 0.15) is 35.2 Å². The van der Waals surface area contributed by atoms with Crippen molar-refractivity contribution >= 4 is 40.0 Å². The summed E-state index contributed by atoms with van der Waals surface area (Å²) >= 11 is 0. The van der Waals surface area contributed by atoms with Crippen LogP contribution < -0.4 is 26.0 Å². The van der Waals surface area contributed by atoms with Gasteiger partial charge < -0.3 is 4.74 Å². The molecule has 1 amide bonds. The number of carbonyl (C=O) groups is 1. The van der Waals surface area contributed by atoms with Crippen LogP contribution in [0.15, 0.2) is 133 Å². The first-order valence-corrected chi connectivity index (χ1v) is 13.2. The van der Waals surface area contributed by atoms with E-state index in [0.717, 1.165) is 10.8 Å². The van der Waals surface area contributed by atoms with Crippen molar-refractivity contribution in [3.63, 3.8) is 0 Å². The summed E-state index contributed by atoms with van der Waals surface area (Å²) in [4.78, 5) is 13.1. The van der Waals surface area contributed by atoms with Gasteiger partial charge in [-0.25, -0.2) is 4.79 Å². The summed E-state index contributed by atoms with van der Waals surface area (Å²) in [5, 5.41) is 8.69. The maximum Gasteiger partial charge on any atom is 0.415 e. The van der Waals surface area contributed by atoms with E-state index in [9.17, 15) is 4.79 Å². The molecule has 0 radical (unpaired) electrons. The second-order valence-corrected chi connectivity index (χ2v) is 11.5. The lowest BCUT2D eigenvalue weighted by atomic mass is 10.1. The monoisotopic (exact) mass is 462 g/mol. The lowest BCUT2D eigenvalue weighted by Crippen LogP contribution is -2.40. The van der Waals surface area contributed by atoms with Gasteiger partial charge in [0, 0.05) is 5.39 Å². The third-order valence-corrected chi connectivity index (χ3v) is 10.2. The van der Waals surface area contributed by atoms with Crippen molar-refractivity contribution in [3.8, 4) is 5.75 Å². The Hall–Kier alpha value is -3.94. The maximum absolute atomic E-state index is 13.1. The minimum Gasteiger partial charge on any atom is -0.410 e. The lowest BCUT2D eigenvalue weighted by molar-refractivity contribution is 0.203. The highest BCUT2D eigenvalue weighted by Gasteiger charge is 2.45. The standard InChI is InChI=1S/C30H24NO2P/c32-30(33-29-22-12-14-24-13-10-11-21-28(24)29)31-23-34(25-15-4-1-5-16-25,26-17-6-2-7-18-26)27-19-8-3-9-20-27/h1-22H,23H2/p+1. The van der Waals surface area contributed by atoms with E-state index in [1.165, 1.54) is 15.9 Å². The van der Waals surface area contributed by atoms with Gasteiger partial charge in [-0.1, -0.05) is 91.0 Å². The molecule has 0 aliphatic carbocycles. The fourth-order valence-corrected chi connectivity index (χ4v) is 8.22. The molecular formula is C30H25NO2P+. The smallest absolute Gasteiger partial charge is 0.410 e. The quantitative estimate of drug-likeness (QED) is 0.320. The van der Waals surface area contributed by atoms with Crippen LogP contribution in [0.1, 0.15) is 0 Å². The Bertz CT molecular complexity index is 1290. The van der Waals surface area contributed by atoms with Crippen LogP contribution in [0.3, 0.4) is 0 Å². The summed E-state index contributed by atoms with van der Waals surface area (Å²) in [6.45, 7) is 0. The van der Waals surface area contributed by atoms with Gasteiger partial charge in [-0.3, -0.25) is 5.32 Å². The average molecular weight is 463 g/mol. The van der Waals surface area contributed by atoms with E-state index in [1.807, 2.05) is 60.7 Å². The number of amides is 1. The number of nitrogens with one attached hydrogen (secondary N) is 1. The molecule has 0 aliphatic heterocycles. The molecule has 0 atom stereocenters. The van der Waals surface area contributed by atoms with E-state index >= 15 is 0 Å². The molecule has 5 aromatic carbocycles. The molecule has 0 fully saturated rings. The van der Waals surface area contributed by atoms with Crippen LogP contribution >= 0.6 is 7.26 Å². The molecule has 0 unspecified atom stereocenters. The molecular weight excluding hydrogens is 437 g/mol. The predicted octanol–water partition coefficient (Wildman–Crippen LogP) is 5.88. The first-order valence-electron chi connectivity index (χ1n) is 11.3. The number of hydrogen-bond donors (Lipinski definition) is 1. The van der Waals surface area contributed by atoms with Crippen LogP contribution in [0.2, 0.25) is 0 Å². The van der Waals surface area contributed by atoms with E-state index in [0.29, 0.717) is 12.0 Å². The Labute approximate surface area is 200 Å². The van der Waals surface area contributed by atoms with Crippen LogP contribution in [-0.2, 0) is 0 Å². The lowest BCUT2D eigenvalue weighted by Gasteiger charge is -2.27. The summed E-state index contributed by atoms with van der Waals surface area (Å²) in [7, 11) is -2.17. The van der Waals surface area contributed by atoms with E-state index < -0.39 is 13.4 Å². The maximum atomic E-state index is 13.1. The van der Waals surface area contributed by atoms with Crippen molar-refractivity contribution < 1.29 is 9.53 Å². The second-order valence-electron chi connectivity index (χ2n) is 8.02. The van der Waals surface area contributed by atoms with Gasteiger partial charge in [-0.15, -0.1) is 0 Å². The molecule has 4 heteroatoms. The molecule has 34 heavy (non-hydrogen) atoms. The Morgan fingerprint density at radius 2 is 1.06 bits per heavy atom. The SMILES string of the molecule is O=C(NC[P+](c1ccccc1)(c1ccccc1)c1ccccc1)Oc1cccc2ccccc12. The van der Waals surface area contributed by atoms with Crippen LogP contribution in [0.25, 0.3) is 10.8 Å². The minimum absolute atomic E-state index is 0.453. The van der Waals surface area contributed by atoms with Crippen LogP contribution in [0.5, 0.6) is 5.75 Å². The molecule has 5 aromatic rings. The molecule has 1 N–H and O–H groups in total. The highest BCUT2D eigenvalue weighted by atomic mass is 31.2. The summed E-state index contributed by atoms with van der Waals surface area (Å²) < 4.78 is 5.80. The van der Waals surface area contributed by atoms with Gasteiger partial charge >= 0.3 is 6.09 Å². The number of rotatable bonds is 6. The predicted molar refractivity (Wildman–Crippen MR) is 143 cm³/mol. The highest BCUT2D eigenvalue weighted by Crippen LogP contribution is 2.54. The van der Waals surface area contributed by atoms with Crippen molar-refractivity contribution in [1.82, 2.24) is 5.32 Å². The van der Waals surface area contributed by atoms with Gasteiger partial charge in [-0.05, 0) is 47.9 Å². The van der Waals surface area contributed by atoms with E-state index in [-0.39, 0.29) is 0 Å². The normalized spacial score (nSPS) is 11.2. The summed E-state index contributed by atoms with van der Waals surface area (Å²) in [5.74, 6) is 0.554. The van der Waals surface area contributed by atoms with Crippen molar-refractivity contribution in [1.29, 1.82) is 0 Å². The van der Waals surface area contributed by atoms with Crippen LogP contribution in [0, 0.1) is 0 Å². The number of hydrogen-bond acceptors (Lipinski definition) is 2. The third-order valence-electron chi connectivity index (χ3n) is 6.00. The Kier molecular flexibility index (Phi) is 6.38. The van der Waals surface area contributed by atoms with Gasteiger partial charge in [0.2, 0.25) is 0 Å². The number of ether oxygens (including phenoxy) is 1. The summed E-state index contributed by atoms with van der Waals surface area (Å²) in [6, 6.07) is 45.0. The zero-order valence-corrected chi connectivity index (χ0v) is 19.6. The van der Waals surface area contributed by atoms with Gasteiger partial charge in [-0.2, -0.15) is 0 Å². The zero-order chi connectivity index (χ0) is 23.2. The molecule has 0 aromatic heterocycles. The molecule has 5 rings (SSSR count). The number of carbonyl (C=O) groups excluding carboxylic acids is 1. The largest absolute Gasteiger partial charge is 0.415 e. The molecule has 0 saturated carbocycles. The molecule has 0 spiro atoms. The summed E-state index contributed by atoms with van der Waals surface area (Å²) in [5.41, 5.74) is 0. The van der Waals surface area contributed by atoms with E-state index in [2.05, 4.69) is 78.1 Å². The first kappa shape index (κ1) is 21.9. The van der Waals surface area contributed by atoms with Gasteiger partial charge in [0.25, 0.3) is 0 Å². The Morgan fingerprint density at radius 3 is 1.62 bits per heavy atom. The van der Waals surface area contributed by atoms with E-state index in [1.54, 1.807) is 0 Å². The molecule has 0 aliphatic rings. The van der Waals surface area contributed by atoms with Crippen LogP contribution in [-0.4, -0.2) is 12.4 Å². The van der Waals surface area contributed by atoms with Gasteiger partial charge in [0.05, 0.1) is 0 Å². The topological polar surface area (TPSA) is 38.3 Å². The molecule has 0 saturated heterocycles. The van der Waals surface area contributed by atoms with Crippen molar-refractivity contribution in [2.45, 2.75) is 0 Å². The Balaban J connectivity index is 1.52. The van der Waals surface area contributed by atoms with Crippen LogP contribution in [0.4, 0.5) is 4.79 Å². The van der Waals surface area contributed by atoms with Crippen molar-refractivity contribution in [2.75, 3.05) is 6.29 Å².